The molecule has 1 aromatic carbocycles. The van der Waals surface area contributed by atoms with E-state index in [4.69, 9.17) is 10.4 Å². The lowest BCUT2D eigenvalue weighted by molar-refractivity contribution is -0.137. The van der Waals surface area contributed by atoms with Gasteiger partial charge in [0.2, 0.25) is 0 Å². The monoisotopic (exact) mass is 281 g/mol. The minimum Gasteiger partial charge on any atom is -0.478 e. The summed E-state index contributed by atoms with van der Waals surface area (Å²) >= 11 is 0. The maximum Gasteiger partial charge on any atom is 0.417 e. The van der Waals surface area contributed by atoms with Gasteiger partial charge in [0.05, 0.1) is 34.6 Å². The first-order chi connectivity index (χ1) is 9.32. The maximum atomic E-state index is 12.6. The molecule has 2 aromatic rings. The first-order valence-corrected chi connectivity index (χ1v) is 5.22. The van der Waals surface area contributed by atoms with Gasteiger partial charge in [0, 0.05) is 6.20 Å². The minimum atomic E-state index is -4.63. The van der Waals surface area contributed by atoms with Crippen molar-refractivity contribution in [3.05, 3.63) is 47.3 Å². The number of aromatic carboxylic acids is 1. The summed E-state index contributed by atoms with van der Waals surface area (Å²) in [7, 11) is 0. The second-order valence-electron chi connectivity index (χ2n) is 3.82. The molecule has 0 saturated heterocycles. The van der Waals surface area contributed by atoms with Crippen LogP contribution in [0.4, 0.5) is 13.2 Å². The average molecular weight is 281 g/mol. The topological polar surface area (TPSA) is 78.9 Å². The lowest BCUT2D eigenvalue weighted by Crippen LogP contribution is -2.08. The molecule has 1 N–H and O–H groups in total. The Morgan fingerprint density at radius 2 is 2.10 bits per heavy atom. The van der Waals surface area contributed by atoms with Gasteiger partial charge in [-0.15, -0.1) is 0 Å². The lowest BCUT2D eigenvalue weighted by Gasteiger charge is -2.10. The fourth-order valence-corrected chi connectivity index (χ4v) is 1.59. The van der Waals surface area contributed by atoms with Crippen LogP contribution in [-0.2, 0) is 6.18 Å². The number of carboxylic acids is 1. The van der Waals surface area contributed by atoms with Crippen molar-refractivity contribution in [1.29, 1.82) is 5.26 Å². The molecule has 0 bridgehead atoms. The predicted molar refractivity (Wildman–Crippen MR) is 60.2 cm³/mol. The molecule has 1 aromatic heterocycles. The quantitative estimate of drug-likeness (QED) is 0.917. The van der Waals surface area contributed by atoms with Crippen molar-refractivity contribution in [2.45, 2.75) is 6.18 Å². The van der Waals surface area contributed by atoms with Gasteiger partial charge in [0.1, 0.15) is 0 Å². The largest absolute Gasteiger partial charge is 0.478 e. The van der Waals surface area contributed by atoms with E-state index in [2.05, 4.69) is 5.10 Å². The van der Waals surface area contributed by atoms with Gasteiger partial charge in [-0.1, -0.05) is 0 Å². The Morgan fingerprint density at radius 3 is 2.60 bits per heavy atom. The van der Waals surface area contributed by atoms with Crippen molar-refractivity contribution in [2.24, 2.45) is 0 Å². The molecule has 0 atom stereocenters. The van der Waals surface area contributed by atoms with Crippen molar-refractivity contribution in [1.82, 2.24) is 9.78 Å². The lowest BCUT2D eigenvalue weighted by atomic mass is 10.1. The van der Waals surface area contributed by atoms with Gasteiger partial charge in [0.15, 0.2) is 0 Å². The molecule has 0 aliphatic carbocycles. The van der Waals surface area contributed by atoms with E-state index in [9.17, 15) is 18.0 Å². The summed E-state index contributed by atoms with van der Waals surface area (Å²) in [6, 6.07) is 4.34. The summed E-state index contributed by atoms with van der Waals surface area (Å²) in [6.07, 6.45) is -2.42. The maximum absolute atomic E-state index is 12.6. The zero-order chi connectivity index (χ0) is 14.9. The van der Waals surface area contributed by atoms with Gasteiger partial charge >= 0.3 is 12.1 Å². The van der Waals surface area contributed by atoms with Gasteiger partial charge < -0.3 is 5.11 Å². The van der Waals surface area contributed by atoms with E-state index in [1.807, 2.05) is 0 Å². The van der Waals surface area contributed by atoms with Crippen LogP contribution in [-0.4, -0.2) is 20.9 Å². The van der Waals surface area contributed by atoms with E-state index < -0.39 is 23.3 Å². The van der Waals surface area contributed by atoms with Gasteiger partial charge in [-0.25, -0.2) is 9.48 Å². The summed E-state index contributed by atoms with van der Waals surface area (Å²) < 4.78 is 39.0. The minimum absolute atomic E-state index is 0.108. The predicted octanol–water partition coefficient (Wildman–Crippen LogP) is 2.46. The van der Waals surface area contributed by atoms with Crippen LogP contribution in [0.5, 0.6) is 0 Å². The molecular weight excluding hydrogens is 275 g/mol. The number of hydrogen-bond donors (Lipinski definition) is 1. The van der Waals surface area contributed by atoms with E-state index in [1.165, 1.54) is 6.07 Å². The Morgan fingerprint density at radius 1 is 1.40 bits per heavy atom. The highest BCUT2D eigenvalue weighted by molar-refractivity contribution is 5.87. The standard InChI is InChI=1S/C12H6F3N3O2/c13-12(14,15)10-2-1-9(3-7(10)4-16)18-6-8(5-17-18)11(19)20/h1-3,5-6H,(H,19,20). The number of aromatic nitrogens is 2. The highest BCUT2D eigenvalue weighted by Crippen LogP contribution is 2.32. The molecule has 1 heterocycles. The number of hydrogen-bond acceptors (Lipinski definition) is 3. The van der Waals surface area contributed by atoms with Gasteiger partial charge in [0.25, 0.3) is 0 Å². The van der Waals surface area contributed by atoms with Crippen LogP contribution in [0.2, 0.25) is 0 Å². The van der Waals surface area contributed by atoms with Crippen LogP contribution < -0.4 is 0 Å². The van der Waals surface area contributed by atoms with E-state index >= 15 is 0 Å². The zero-order valence-corrected chi connectivity index (χ0v) is 9.72. The molecule has 0 aliphatic rings. The van der Waals surface area contributed by atoms with E-state index in [-0.39, 0.29) is 11.3 Å². The normalized spacial score (nSPS) is 11.1. The molecular formula is C12H6F3N3O2. The van der Waals surface area contributed by atoms with Gasteiger partial charge in [-0.2, -0.15) is 23.5 Å². The van der Waals surface area contributed by atoms with E-state index in [0.717, 1.165) is 35.3 Å². The summed E-state index contributed by atoms with van der Waals surface area (Å²) in [4.78, 5) is 10.7. The Hall–Kier alpha value is -2.82. The van der Waals surface area contributed by atoms with Crippen molar-refractivity contribution < 1.29 is 23.1 Å². The van der Waals surface area contributed by atoms with E-state index in [0.29, 0.717) is 0 Å². The highest BCUT2D eigenvalue weighted by Gasteiger charge is 2.33. The van der Waals surface area contributed by atoms with Crippen LogP contribution in [0.1, 0.15) is 21.5 Å². The van der Waals surface area contributed by atoms with Crippen molar-refractivity contribution >= 4 is 5.97 Å². The first kappa shape index (κ1) is 13.6. The number of nitriles is 1. The summed E-state index contributed by atoms with van der Waals surface area (Å²) in [5, 5.41) is 21.2. The molecule has 8 heteroatoms. The fourth-order valence-electron chi connectivity index (χ4n) is 1.59. The molecule has 2 rings (SSSR count). The van der Waals surface area contributed by atoms with E-state index in [1.54, 1.807) is 0 Å². The van der Waals surface area contributed by atoms with Crippen LogP contribution in [0.15, 0.2) is 30.6 Å². The van der Waals surface area contributed by atoms with Gasteiger partial charge in [-0.3, -0.25) is 0 Å². The summed E-state index contributed by atoms with van der Waals surface area (Å²) in [6.45, 7) is 0. The fraction of sp³-hybridized carbons (Fsp3) is 0.0833. The SMILES string of the molecule is N#Cc1cc(-n2cc(C(=O)O)cn2)ccc1C(F)(F)F. The molecule has 102 valence electrons. The van der Waals surface area contributed by atoms with Crippen LogP contribution in [0.25, 0.3) is 5.69 Å². The second kappa shape index (κ2) is 4.70. The third-order valence-electron chi connectivity index (χ3n) is 2.52. The number of carboxylic acid groups (broad SMARTS) is 1. The molecule has 0 aliphatic heterocycles. The number of halogens is 3. The van der Waals surface area contributed by atoms with Crippen molar-refractivity contribution in [3.63, 3.8) is 0 Å². The summed E-state index contributed by atoms with van der Waals surface area (Å²) in [5.74, 6) is -1.20. The number of nitrogens with zero attached hydrogens (tertiary/aromatic N) is 3. The molecule has 20 heavy (non-hydrogen) atoms. The van der Waals surface area contributed by atoms with Crippen LogP contribution in [0, 0.1) is 11.3 Å². The smallest absolute Gasteiger partial charge is 0.417 e. The molecule has 0 fully saturated rings. The molecule has 0 unspecified atom stereocenters. The molecule has 0 spiro atoms. The number of benzene rings is 1. The third-order valence-corrected chi connectivity index (χ3v) is 2.52. The van der Waals surface area contributed by atoms with Crippen LogP contribution in [0.3, 0.4) is 0 Å². The average Bonchev–Trinajstić information content (AvgIpc) is 2.86. The Labute approximate surface area is 110 Å². The molecule has 5 nitrogen and oxygen atoms in total. The molecule has 0 amide bonds. The third kappa shape index (κ3) is 2.47. The first-order valence-electron chi connectivity index (χ1n) is 5.22. The van der Waals surface area contributed by atoms with Crippen molar-refractivity contribution in [3.8, 4) is 11.8 Å². The Bertz CT molecular complexity index is 713. The number of carbonyl (C=O) groups is 1. The van der Waals surface area contributed by atoms with Crippen LogP contribution >= 0.6 is 0 Å². The Kier molecular flexibility index (Phi) is 3.19. The van der Waals surface area contributed by atoms with Gasteiger partial charge in [-0.05, 0) is 18.2 Å². The number of rotatable bonds is 2. The second-order valence-corrected chi connectivity index (χ2v) is 3.82. The van der Waals surface area contributed by atoms with Crippen molar-refractivity contribution in [2.75, 3.05) is 0 Å². The molecule has 0 saturated carbocycles. The summed E-state index contributed by atoms with van der Waals surface area (Å²) in [5.41, 5.74) is -1.54. The zero-order valence-electron chi connectivity index (χ0n) is 9.72. The Balaban J connectivity index is 2.49. The number of alkyl halides is 3. The highest BCUT2D eigenvalue weighted by atomic mass is 19.4. The molecule has 0 radical (unpaired) electrons.